The Balaban J connectivity index is 1.86. The van der Waals surface area contributed by atoms with Gasteiger partial charge in [-0.15, -0.1) is 0 Å². The lowest BCUT2D eigenvalue weighted by Gasteiger charge is -2.10. The fourth-order valence-electron chi connectivity index (χ4n) is 2.89. The zero-order valence-corrected chi connectivity index (χ0v) is 16.9. The molecule has 148 valence electrons. The molecule has 0 bridgehead atoms. The molecule has 0 saturated heterocycles. The highest BCUT2D eigenvalue weighted by Gasteiger charge is 2.30. The highest BCUT2D eigenvalue weighted by Crippen LogP contribution is 2.30. The molecule has 0 unspecified atom stereocenters. The van der Waals surface area contributed by atoms with E-state index in [1.807, 2.05) is 0 Å². The van der Waals surface area contributed by atoms with Gasteiger partial charge >= 0.3 is 6.18 Å². The van der Waals surface area contributed by atoms with Crippen LogP contribution in [0.1, 0.15) is 33.0 Å². The third kappa shape index (κ3) is 3.96. The number of alkyl halides is 3. The predicted octanol–water partition coefficient (Wildman–Crippen LogP) is 4.32. The van der Waals surface area contributed by atoms with Crippen LogP contribution in [-0.2, 0) is 19.8 Å². The summed E-state index contributed by atoms with van der Waals surface area (Å²) in [4.78, 5) is 12.6. The van der Waals surface area contributed by atoms with Crippen molar-refractivity contribution in [3.63, 3.8) is 0 Å². The first-order valence-electron chi connectivity index (χ1n) is 8.27. The van der Waals surface area contributed by atoms with Crippen LogP contribution in [0.4, 0.5) is 18.9 Å². The third-order valence-corrected chi connectivity index (χ3v) is 4.90. The van der Waals surface area contributed by atoms with Gasteiger partial charge in [0.2, 0.25) is 0 Å². The van der Waals surface area contributed by atoms with E-state index in [0.29, 0.717) is 32.8 Å². The molecule has 2 heterocycles. The van der Waals surface area contributed by atoms with Gasteiger partial charge < -0.3 is 5.32 Å². The lowest BCUT2D eigenvalue weighted by atomic mass is 10.1. The minimum atomic E-state index is -4.40. The highest BCUT2D eigenvalue weighted by molar-refractivity contribution is 9.10. The van der Waals surface area contributed by atoms with Crippen molar-refractivity contribution in [2.45, 2.75) is 26.6 Å². The maximum absolute atomic E-state index is 12.9. The molecule has 28 heavy (non-hydrogen) atoms. The Morgan fingerprint density at radius 1 is 1.29 bits per heavy atom. The number of carbonyl (C=O) groups is 1. The van der Waals surface area contributed by atoms with E-state index in [4.69, 9.17) is 0 Å². The smallest absolute Gasteiger partial charge is 0.317 e. The van der Waals surface area contributed by atoms with Crippen molar-refractivity contribution in [1.82, 2.24) is 19.6 Å². The summed E-state index contributed by atoms with van der Waals surface area (Å²) >= 11 is 3.28. The summed E-state index contributed by atoms with van der Waals surface area (Å²) in [7, 11) is 1.65. The van der Waals surface area contributed by atoms with Gasteiger partial charge in [-0.2, -0.15) is 23.4 Å². The third-order valence-electron chi connectivity index (χ3n) is 4.32. The fraction of sp³-hybridized carbons (Fsp3) is 0.278. The summed E-state index contributed by atoms with van der Waals surface area (Å²) in [6.45, 7) is 3.63. The number of nitrogens with zero attached hydrogens (tertiary/aromatic N) is 4. The summed E-state index contributed by atoms with van der Waals surface area (Å²) in [6, 6.07) is 5.10. The molecule has 0 atom stereocenters. The maximum Gasteiger partial charge on any atom is 0.416 e. The summed E-state index contributed by atoms with van der Waals surface area (Å²) in [6.07, 6.45) is -2.88. The van der Waals surface area contributed by atoms with Gasteiger partial charge in [0.05, 0.1) is 39.9 Å². The Morgan fingerprint density at radius 2 is 2.00 bits per heavy atom. The van der Waals surface area contributed by atoms with Gasteiger partial charge in [-0.1, -0.05) is 12.1 Å². The second-order valence-corrected chi connectivity index (χ2v) is 7.17. The summed E-state index contributed by atoms with van der Waals surface area (Å²) in [5.41, 5.74) is 1.83. The normalized spacial score (nSPS) is 11.7. The van der Waals surface area contributed by atoms with Crippen LogP contribution in [0.25, 0.3) is 0 Å². The maximum atomic E-state index is 12.9. The van der Waals surface area contributed by atoms with Crippen molar-refractivity contribution in [3.8, 4) is 0 Å². The Hall–Kier alpha value is -2.62. The molecule has 3 aromatic rings. The lowest BCUT2D eigenvalue weighted by molar-refractivity contribution is -0.137. The lowest BCUT2D eigenvalue weighted by Crippen LogP contribution is -2.17. The number of aromatic nitrogens is 4. The molecule has 6 nitrogen and oxygen atoms in total. The first-order chi connectivity index (χ1) is 13.1. The van der Waals surface area contributed by atoms with E-state index < -0.39 is 11.7 Å². The number of hydrogen-bond donors (Lipinski definition) is 1. The second-order valence-electron chi connectivity index (χ2n) is 6.32. The Kier molecular flexibility index (Phi) is 5.33. The monoisotopic (exact) mass is 455 g/mol. The van der Waals surface area contributed by atoms with Gasteiger partial charge in [-0.25, -0.2) is 0 Å². The molecule has 0 radical (unpaired) electrons. The first-order valence-corrected chi connectivity index (χ1v) is 9.06. The number of rotatable bonds is 4. The number of anilines is 1. The van der Waals surface area contributed by atoms with Crippen LogP contribution in [0.15, 0.2) is 34.9 Å². The van der Waals surface area contributed by atoms with Crippen molar-refractivity contribution in [3.05, 3.63) is 63.1 Å². The number of aryl methyl sites for hydroxylation is 2. The topological polar surface area (TPSA) is 64.7 Å². The van der Waals surface area contributed by atoms with E-state index in [1.165, 1.54) is 16.9 Å². The van der Waals surface area contributed by atoms with Gasteiger partial charge in [0.25, 0.3) is 5.91 Å². The molecule has 3 rings (SSSR count). The average Bonchev–Trinajstić information content (AvgIpc) is 3.08. The van der Waals surface area contributed by atoms with E-state index in [9.17, 15) is 18.0 Å². The van der Waals surface area contributed by atoms with Gasteiger partial charge in [0, 0.05) is 7.05 Å². The van der Waals surface area contributed by atoms with Crippen molar-refractivity contribution in [2.75, 3.05) is 5.32 Å². The van der Waals surface area contributed by atoms with Crippen LogP contribution in [0.2, 0.25) is 0 Å². The minimum Gasteiger partial charge on any atom is -0.317 e. The van der Waals surface area contributed by atoms with Crippen molar-refractivity contribution in [1.29, 1.82) is 0 Å². The van der Waals surface area contributed by atoms with E-state index in [2.05, 4.69) is 31.4 Å². The van der Waals surface area contributed by atoms with Crippen LogP contribution in [0.3, 0.4) is 0 Å². The van der Waals surface area contributed by atoms with E-state index in [0.717, 1.165) is 12.1 Å². The Bertz CT molecular complexity index is 1020. The molecule has 2 aromatic heterocycles. The van der Waals surface area contributed by atoms with Gasteiger partial charge in [0.15, 0.2) is 0 Å². The van der Waals surface area contributed by atoms with Crippen LogP contribution in [0, 0.1) is 13.8 Å². The molecule has 1 amide bonds. The highest BCUT2D eigenvalue weighted by atomic mass is 79.9. The predicted molar refractivity (Wildman–Crippen MR) is 101 cm³/mol. The Labute approximate surface area is 167 Å². The number of nitrogens with one attached hydrogen (secondary N) is 1. The minimum absolute atomic E-state index is 0.155. The van der Waals surface area contributed by atoms with Crippen molar-refractivity contribution < 1.29 is 18.0 Å². The molecule has 1 N–H and O–H groups in total. The van der Waals surface area contributed by atoms with Crippen molar-refractivity contribution >= 4 is 27.5 Å². The molecule has 0 aliphatic heterocycles. The number of halogens is 4. The molecular weight excluding hydrogens is 439 g/mol. The molecule has 0 saturated carbocycles. The van der Waals surface area contributed by atoms with Crippen LogP contribution < -0.4 is 5.32 Å². The molecule has 10 heteroatoms. The number of hydrogen-bond acceptors (Lipinski definition) is 3. The fourth-order valence-corrected chi connectivity index (χ4v) is 3.42. The SMILES string of the molecule is Cc1nn(Cc2cccc(C(F)(F)F)c2)c(C)c1NC(=O)c1c(Br)cnn1C. The molecule has 1 aromatic carbocycles. The largest absolute Gasteiger partial charge is 0.416 e. The van der Waals surface area contributed by atoms with E-state index >= 15 is 0 Å². The molecule has 0 fully saturated rings. The number of benzene rings is 1. The zero-order valence-electron chi connectivity index (χ0n) is 15.3. The second kappa shape index (κ2) is 7.42. The summed E-state index contributed by atoms with van der Waals surface area (Å²) in [5.74, 6) is -0.364. The standard InChI is InChI=1S/C18H17BrF3N5O/c1-10-15(24-17(28)16-14(19)8-23-26(16)3)11(2)27(25-10)9-12-5-4-6-13(7-12)18(20,21)22/h4-8H,9H2,1-3H3,(H,24,28). The van der Waals surface area contributed by atoms with Gasteiger partial charge in [-0.05, 0) is 47.5 Å². The van der Waals surface area contributed by atoms with E-state index in [-0.39, 0.29) is 12.5 Å². The van der Waals surface area contributed by atoms with Gasteiger partial charge in [0.1, 0.15) is 5.69 Å². The summed E-state index contributed by atoms with van der Waals surface area (Å²) in [5, 5.41) is 11.2. The Morgan fingerprint density at radius 3 is 2.61 bits per heavy atom. The van der Waals surface area contributed by atoms with Gasteiger partial charge in [-0.3, -0.25) is 14.2 Å². The summed E-state index contributed by atoms with van der Waals surface area (Å²) < 4.78 is 42.3. The number of carbonyl (C=O) groups excluding carboxylic acids is 1. The number of amides is 1. The zero-order chi connectivity index (χ0) is 20.6. The quantitative estimate of drug-likeness (QED) is 0.637. The van der Waals surface area contributed by atoms with Crippen LogP contribution >= 0.6 is 15.9 Å². The van der Waals surface area contributed by atoms with Crippen molar-refractivity contribution in [2.24, 2.45) is 7.05 Å². The first kappa shape index (κ1) is 20.1. The molecular formula is C18H17BrF3N5O. The average molecular weight is 456 g/mol. The van der Waals surface area contributed by atoms with Crippen LogP contribution in [-0.4, -0.2) is 25.5 Å². The van der Waals surface area contributed by atoms with Crippen LogP contribution in [0.5, 0.6) is 0 Å². The molecule has 0 aliphatic rings. The van der Waals surface area contributed by atoms with E-state index in [1.54, 1.807) is 31.6 Å². The molecule has 0 aliphatic carbocycles. The molecule has 0 spiro atoms.